The SMILES string of the molecule is CCOCCC(=O)N(CCCN)C1CCC1. The number of hydrogen-bond donors (Lipinski definition) is 1. The molecule has 1 rings (SSSR count). The normalized spacial score (nSPS) is 15.9. The third-order valence-corrected chi connectivity index (χ3v) is 3.10. The standard InChI is InChI=1S/C12H24N2O2/c1-2-16-10-7-12(15)14(9-4-8-13)11-5-3-6-11/h11H,2-10,13H2,1H3. The van der Waals surface area contributed by atoms with E-state index in [2.05, 4.69) is 0 Å². The molecule has 0 aromatic rings. The predicted molar refractivity (Wildman–Crippen MR) is 64.1 cm³/mol. The van der Waals surface area contributed by atoms with Crippen LogP contribution in [0.3, 0.4) is 0 Å². The Kier molecular flexibility index (Phi) is 6.42. The second kappa shape index (κ2) is 7.63. The number of nitrogens with zero attached hydrogens (tertiary/aromatic N) is 1. The summed E-state index contributed by atoms with van der Waals surface area (Å²) in [4.78, 5) is 14.0. The van der Waals surface area contributed by atoms with Gasteiger partial charge in [0.2, 0.25) is 5.91 Å². The van der Waals surface area contributed by atoms with E-state index in [4.69, 9.17) is 10.5 Å². The molecule has 2 N–H and O–H groups in total. The summed E-state index contributed by atoms with van der Waals surface area (Å²) in [5, 5.41) is 0. The fraction of sp³-hybridized carbons (Fsp3) is 0.917. The van der Waals surface area contributed by atoms with Gasteiger partial charge in [-0.3, -0.25) is 4.79 Å². The number of nitrogens with two attached hydrogens (primary N) is 1. The highest BCUT2D eigenvalue weighted by Crippen LogP contribution is 2.25. The molecule has 0 aromatic carbocycles. The number of hydrogen-bond acceptors (Lipinski definition) is 3. The highest BCUT2D eigenvalue weighted by molar-refractivity contribution is 5.76. The Balaban J connectivity index is 2.31. The number of carbonyl (C=O) groups is 1. The van der Waals surface area contributed by atoms with E-state index in [1.54, 1.807) is 0 Å². The molecule has 4 nitrogen and oxygen atoms in total. The van der Waals surface area contributed by atoms with E-state index in [1.807, 2.05) is 11.8 Å². The third-order valence-electron chi connectivity index (χ3n) is 3.10. The van der Waals surface area contributed by atoms with Gasteiger partial charge in [-0.25, -0.2) is 0 Å². The Labute approximate surface area is 98.1 Å². The van der Waals surface area contributed by atoms with E-state index >= 15 is 0 Å². The first kappa shape index (κ1) is 13.5. The number of amides is 1. The van der Waals surface area contributed by atoms with Gasteiger partial charge in [0.05, 0.1) is 13.0 Å². The van der Waals surface area contributed by atoms with E-state index < -0.39 is 0 Å². The Hall–Kier alpha value is -0.610. The van der Waals surface area contributed by atoms with E-state index in [-0.39, 0.29) is 5.91 Å². The smallest absolute Gasteiger partial charge is 0.225 e. The molecular weight excluding hydrogens is 204 g/mol. The van der Waals surface area contributed by atoms with E-state index in [0.29, 0.717) is 32.2 Å². The molecule has 1 aliphatic carbocycles. The number of rotatable bonds is 8. The first-order valence-corrected chi connectivity index (χ1v) is 6.36. The van der Waals surface area contributed by atoms with Gasteiger partial charge in [-0.1, -0.05) is 0 Å². The minimum absolute atomic E-state index is 0.228. The lowest BCUT2D eigenvalue weighted by molar-refractivity contribution is -0.136. The lowest BCUT2D eigenvalue weighted by atomic mass is 9.91. The summed E-state index contributed by atoms with van der Waals surface area (Å²) in [6.07, 6.45) is 4.98. The average molecular weight is 228 g/mol. The summed E-state index contributed by atoms with van der Waals surface area (Å²) < 4.78 is 5.22. The minimum Gasteiger partial charge on any atom is -0.381 e. The maximum Gasteiger partial charge on any atom is 0.225 e. The predicted octanol–water partition coefficient (Wildman–Crippen LogP) is 1.14. The van der Waals surface area contributed by atoms with E-state index in [1.165, 1.54) is 6.42 Å². The Morgan fingerprint density at radius 3 is 2.75 bits per heavy atom. The van der Waals surface area contributed by atoms with Crippen LogP contribution in [0, 0.1) is 0 Å². The molecule has 0 atom stereocenters. The molecule has 0 bridgehead atoms. The zero-order valence-electron chi connectivity index (χ0n) is 10.3. The summed E-state index contributed by atoms with van der Waals surface area (Å²) in [7, 11) is 0. The fourth-order valence-corrected chi connectivity index (χ4v) is 1.92. The van der Waals surface area contributed by atoms with Crippen molar-refractivity contribution >= 4 is 5.91 Å². The highest BCUT2D eigenvalue weighted by atomic mass is 16.5. The second-order valence-electron chi connectivity index (χ2n) is 4.26. The zero-order chi connectivity index (χ0) is 11.8. The van der Waals surface area contributed by atoms with Crippen molar-refractivity contribution in [1.29, 1.82) is 0 Å². The fourth-order valence-electron chi connectivity index (χ4n) is 1.92. The number of ether oxygens (including phenoxy) is 1. The molecule has 0 aromatic heterocycles. The summed E-state index contributed by atoms with van der Waals surface area (Å²) in [6.45, 7) is 4.64. The van der Waals surface area contributed by atoms with Crippen LogP contribution in [0.25, 0.3) is 0 Å². The van der Waals surface area contributed by atoms with Gasteiger partial charge in [0.25, 0.3) is 0 Å². The largest absolute Gasteiger partial charge is 0.381 e. The van der Waals surface area contributed by atoms with Gasteiger partial charge in [0.15, 0.2) is 0 Å². The molecule has 1 aliphatic rings. The van der Waals surface area contributed by atoms with Crippen LogP contribution in [0.5, 0.6) is 0 Å². The quantitative estimate of drug-likeness (QED) is 0.634. The maximum absolute atomic E-state index is 12.0. The van der Waals surface area contributed by atoms with Gasteiger partial charge in [-0.05, 0) is 39.2 Å². The molecule has 94 valence electrons. The molecule has 1 amide bonds. The molecule has 0 aliphatic heterocycles. The van der Waals surface area contributed by atoms with Crippen LogP contribution in [-0.4, -0.2) is 43.2 Å². The van der Waals surface area contributed by atoms with E-state index in [9.17, 15) is 4.79 Å². The molecule has 4 heteroatoms. The van der Waals surface area contributed by atoms with Crippen molar-refractivity contribution < 1.29 is 9.53 Å². The first-order valence-electron chi connectivity index (χ1n) is 6.36. The van der Waals surface area contributed by atoms with Gasteiger partial charge in [-0.15, -0.1) is 0 Å². The van der Waals surface area contributed by atoms with Crippen LogP contribution >= 0.6 is 0 Å². The first-order chi connectivity index (χ1) is 7.79. The number of carbonyl (C=O) groups excluding carboxylic acids is 1. The Morgan fingerprint density at radius 1 is 1.50 bits per heavy atom. The molecule has 0 heterocycles. The highest BCUT2D eigenvalue weighted by Gasteiger charge is 2.27. The second-order valence-corrected chi connectivity index (χ2v) is 4.26. The minimum atomic E-state index is 0.228. The summed E-state index contributed by atoms with van der Waals surface area (Å²) in [6, 6.07) is 0.473. The van der Waals surface area contributed by atoms with Crippen LogP contribution in [0.15, 0.2) is 0 Å². The molecule has 1 saturated carbocycles. The van der Waals surface area contributed by atoms with Crippen molar-refractivity contribution in [3.05, 3.63) is 0 Å². The van der Waals surface area contributed by atoms with Crippen LogP contribution in [0.4, 0.5) is 0 Å². The van der Waals surface area contributed by atoms with E-state index in [0.717, 1.165) is 25.8 Å². The van der Waals surface area contributed by atoms with Gasteiger partial charge < -0.3 is 15.4 Å². The van der Waals surface area contributed by atoms with Gasteiger partial charge in [0, 0.05) is 19.2 Å². The molecule has 0 saturated heterocycles. The van der Waals surface area contributed by atoms with Crippen LogP contribution in [0.1, 0.15) is 39.0 Å². The van der Waals surface area contributed by atoms with Crippen molar-refractivity contribution in [3.8, 4) is 0 Å². The maximum atomic E-state index is 12.0. The summed E-state index contributed by atoms with van der Waals surface area (Å²) >= 11 is 0. The molecule has 0 unspecified atom stereocenters. The molecular formula is C12H24N2O2. The zero-order valence-corrected chi connectivity index (χ0v) is 10.3. The van der Waals surface area contributed by atoms with Gasteiger partial charge >= 0.3 is 0 Å². The van der Waals surface area contributed by atoms with Crippen molar-refractivity contribution in [2.24, 2.45) is 5.73 Å². The van der Waals surface area contributed by atoms with Crippen molar-refractivity contribution in [3.63, 3.8) is 0 Å². The molecule has 1 fully saturated rings. The van der Waals surface area contributed by atoms with Crippen LogP contribution in [0.2, 0.25) is 0 Å². The molecule has 0 radical (unpaired) electrons. The van der Waals surface area contributed by atoms with Gasteiger partial charge in [-0.2, -0.15) is 0 Å². The lowest BCUT2D eigenvalue weighted by Gasteiger charge is -2.37. The van der Waals surface area contributed by atoms with Crippen molar-refractivity contribution in [2.45, 2.75) is 45.1 Å². The third kappa shape index (κ3) is 4.10. The van der Waals surface area contributed by atoms with Gasteiger partial charge in [0.1, 0.15) is 0 Å². The summed E-state index contributed by atoms with van der Waals surface area (Å²) in [5.74, 6) is 0.228. The Bertz CT molecular complexity index is 205. The Morgan fingerprint density at radius 2 is 2.25 bits per heavy atom. The lowest BCUT2D eigenvalue weighted by Crippen LogP contribution is -2.45. The van der Waals surface area contributed by atoms with Crippen LogP contribution < -0.4 is 5.73 Å². The topological polar surface area (TPSA) is 55.6 Å². The molecule has 16 heavy (non-hydrogen) atoms. The summed E-state index contributed by atoms with van der Waals surface area (Å²) in [5.41, 5.74) is 5.50. The average Bonchev–Trinajstić information content (AvgIpc) is 2.21. The van der Waals surface area contributed by atoms with Crippen molar-refractivity contribution in [1.82, 2.24) is 4.90 Å². The van der Waals surface area contributed by atoms with Crippen molar-refractivity contribution in [2.75, 3.05) is 26.3 Å². The molecule has 0 spiro atoms. The van der Waals surface area contributed by atoms with Crippen LogP contribution in [-0.2, 0) is 9.53 Å². The monoisotopic (exact) mass is 228 g/mol.